The smallest absolute Gasteiger partial charge is 0.269 e. The SMILES string of the molecule is O=C(NCCc1cccnc1)c1cc(-c2cccc(Cl)c2)n[nH]1. The summed E-state index contributed by atoms with van der Waals surface area (Å²) in [6.07, 6.45) is 4.25. The van der Waals surface area contributed by atoms with Crippen LogP contribution < -0.4 is 5.32 Å². The van der Waals surface area contributed by atoms with E-state index in [1.54, 1.807) is 24.5 Å². The fraction of sp³-hybridized carbons (Fsp3) is 0.118. The summed E-state index contributed by atoms with van der Waals surface area (Å²) in [4.78, 5) is 16.2. The number of rotatable bonds is 5. The van der Waals surface area contributed by atoms with Gasteiger partial charge in [-0.05, 0) is 36.2 Å². The highest BCUT2D eigenvalue weighted by Gasteiger charge is 2.10. The average Bonchev–Trinajstić information content (AvgIpc) is 3.06. The molecule has 0 unspecified atom stereocenters. The maximum absolute atomic E-state index is 12.1. The van der Waals surface area contributed by atoms with Gasteiger partial charge in [0.1, 0.15) is 5.69 Å². The Balaban J connectivity index is 1.60. The van der Waals surface area contributed by atoms with Gasteiger partial charge in [-0.25, -0.2) is 0 Å². The summed E-state index contributed by atoms with van der Waals surface area (Å²) in [5.41, 5.74) is 3.05. The summed E-state index contributed by atoms with van der Waals surface area (Å²) >= 11 is 5.97. The Bertz CT molecular complexity index is 801. The maximum atomic E-state index is 12.1. The van der Waals surface area contributed by atoms with E-state index < -0.39 is 0 Å². The molecule has 0 saturated carbocycles. The molecule has 5 nitrogen and oxygen atoms in total. The van der Waals surface area contributed by atoms with E-state index in [-0.39, 0.29) is 5.91 Å². The minimum atomic E-state index is -0.185. The normalized spacial score (nSPS) is 10.5. The molecule has 0 saturated heterocycles. The highest BCUT2D eigenvalue weighted by Crippen LogP contribution is 2.21. The van der Waals surface area contributed by atoms with Gasteiger partial charge in [0.15, 0.2) is 0 Å². The van der Waals surface area contributed by atoms with Crippen LogP contribution in [0.2, 0.25) is 5.02 Å². The maximum Gasteiger partial charge on any atom is 0.269 e. The molecule has 116 valence electrons. The Morgan fingerprint density at radius 2 is 2.13 bits per heavy atom. The van der Waals surface area contributed by atoms with Crippen LogP contribution in [0.25, 0.3) is 11.3 Å². The fourth-order valence-electron chi connectivity index (χ4n) is 2.20. The number of H-pyrrole nitrogens is 1. The fourth-order valence-corrected chi connectivity index (χ4v) is 2.39. The second-order valence-electron chi connectivity index (χ2n) is 5.04. The Kier molecular flexibility index (Phi) is 4.68. The third-order valence-corrected chi connectivity index (χ3v) is 3.60. The molecule has 0 aliphatic rings. The summed E-state index contributed by atoms with van der Waals surface area (Å²) in [6.45, 7) is 0.538. The topological polar surface area (TPSA) is 70.7 Å². The summed E-state index contributed by atoms with van der Waals surface area (Å²) < 4.78 is 0. The van der Waals surface area contributed by atoms with Gasteiger partial charge in [-0.15, -0.1) is 0 Å². The molecule has 0 aliphatic heterocycles. The van der Waals surface area contributed by atoms with Crippen molar-refractivity contribution in [3.8, 4) is 11.3 Å². The number of carbonyl (C=O) groups excluding carboxylic acids is 1. The van der Waals surface area contributed by atoms with E-state index in [0.29, 0.717) is 23.0 Å². The molecule has 0 aliphatic carbocycles. The lowest BCUT2D eigenvalue weighted by atomic mass is 10.1. The van der Waals surface area contributed by atoms with Gasteiger partial charge in [0.05, 0.1) is 5.69 Å². The summed E-state index contributed by atoms with van der Waals surface area (Å²) in [5.74, 6) is -0.185. The third kappa shape index (κ3) is 3.96. The zero-order valence-electron chi connectivity index (χ0n) is 12.3. The van der Waals surface area contributed by atoms with Crippen LogP contribution in [0.4, 0.5) is 0 Å². The van der Waals surface area contributed by atoms with Crippen molar-refractivity contribution in [1.82, 2.24) is 20.5 Å². The van der Waals surface area contributed by atoms with E-state index in [0.717, 1.165) is 17.5 Å². The number of benzene rings is 1. The van der Waals surface area contributed by atoms with Crippen LogP contribution in [0.1, 0.15) is 16.1 Å². The number of aromatic amines is 1. The van der Waals surface area contributed by atoms with Crippen LogP contribution >= 0.6 is 11.6 Å². The molecule has 0 atom stereocenters. The minimum Gasteiger partial charge on any atom is -0.350 e. The second kappa shape index (κ2) is 7.07. The lowest BCUT2D eigenvalue weighted by molar-refractivity contribution is 0.0949. The van der Waals surface area contributed by atoms with Crippen molar-refractivity contribution >= 4 is 17.5 Å². The van der Waals surface area contributed by atoms with Crippen LogP contribution in [0.3, 0.4) is 0 Å². The summed E-state index contributed by atoms with van der Waals surface area (Å²) in [5, 5.41) is 10.4. The van der Waals surface area contributed by atoms with Crippen molar-refractivity contribution in [1.29, 1.82) is 0 Å². The van der Waals surface area contributed by atoms with Crippen molar-refractivity contribution in [3.05, 3.63) is 71.1 Å². The molecule has 23 heavy (non-hydrogen) atoms. The number of nitrogens with one attached hydrogen (secondary N) is 2. The van der Waals surface area contributed by atoms with Gasteiger partial charge in [0.25, 0.3) is 5.91 Å². The van der Waals surface area contributed by atoms with Crippen molar-refractivity contribution in [2.45, 2.75) is 6.42 Å². The van der Waals surface area contributed by atoms with E-state index in [2.05, 4.69) is 20.5 Å². The molecule has 2 heterocycles. The number of pyridine rings is 1. The Morgan fingerprint density at radius 1 is 1.22 bits per heavy atom. The minimum absolute atomic E-state index is 0.185. The highest BCUT2D eigenvalue weighted by atomic mass is 35.5. The van der Waals surface area contributed by atoms with Crippen molar-refractivity contribution in [3.63, 3.8) is 0 Å². The standard InChI is InChI=1S/C17H15ClN4O/c18-14-5-1-4-13(9-14)15-10-16(22-21-15)17(23)20-8-6-12-3-2-7-19-11-12/h1-5,7,9-11H,6,8H2,(H,20,23)(H,21,22). The number of halogens is 1. The van der Waals surface area contributed by atoms with Gasteiger partial charge in [-0.2, -0.15) is 5.10 Å². The second-order valence-corrected chi connectivity index (χ2v) is 5.48. The molecule has 3 aromatic rings. The van der Waals surface area contributed by atoms with Crippen LogP contribution in [0.5, 0.6) is 0 Å². The molecule has 2 aromatic heterocycles. The van der Waals surface area contributed by atoms with Crippen LogP contribution in [-0.2, 0) is 6.42 Å². The summed E-state index contributed by atoms with van der Waals surface area (Å²) in [6, 6.07) is 12.9. The van der Waals surface area contributed by atoms with Gasteiger partial charge in [0.2, 0.25) is 0 Å². The van der Waals surface area contributed by atoms with Crippen LogP contribution in [-0.4, -0.2) is 27.6 Å². The van der Waals surface area contributed by atoms with E-state index in [1.165, 1.54) is 0 Å². The van der Waals surface area contributed by atoms with Crippen LogP contribution in [0, 0.1) is 0 Å². The van der Waals surface area contributed by atoms with E-state index in [1.807, 2.05) is 30.3 Å². The predicted octanol–water partition coefficient (Wildman–Crippen LogP) is 3.10. The van der Waals surface area contributed by atoms with E-state index >= 15 is 0 Å². The molecule has 2 N–H and O–H groups in total. The number of hydrogen-bond donors (Lipinski definition) is 2. The van der Waals surface area contributed by atoms with Crippen molar-refractivity contribution in [2.75, 3.05) is 6.54 Å². The number of aromatic nitrogens is 3. The zero-order valence-corrected chi connectivity index (χ0v) is 13.0. The zero-order chi connectivity index (χ0) is 16.1. The Hall–Kier alpha value is -2.66. The molecule has 6 heteroatoms. The lowest BCUT2D eigenvalue weighted by Gasteiger charge is -2.03. The first kappa shape index (κ1) is 15.2. The Morgan fingerprint density at radius 3 is 2.91 bits per heavy atom. The third-order valence-electron chi connectivity index (χ3n) is 3.36. The molecule has 1 aromatic carbocycles. The van der Waals surface area contributed by atoms with Gasteiger partial charge >= 0.3 is 0 Å². The first-order valence-electron chi connectivity index (χ1n) is 7.21. The Labute approximate surface area is 138 Å². The first-order chi connectivity index (χ1) is 11.2. The number of nitrogens with zero attached hydrogens (tertiary/aromatic N) is 2. The molecule has 0 fully saturated rings. The van der Waals surface area contributed by atoms with Crippen LogP contribution in [0.15, 0.2) is 54.9 Å². The quantitative estimate of drug-likeness (QED) is 0.757. The number of carbonyl (C=O) groups is 1. The average molecular weight is 327 g/mol. The van der Waals surface area contributed by atoms with Crippen molar-refractivity contribution in [2.24, 2.45) is 0 Å². The molecule has 0 bridgehead atoms. The summed E-state index contributed by atoms with van der Waals surface area (Å²) in [7, 11) is 0. The van der Waals surface area contributed by atoms with Gasteiger partial charge < -0.3 is 5.32 Å². The highest BCUT2D eigenvalue weighted by molar-refractivity contribution is 6.30. The lowest BCUT2D eigenvalue weighted by Crippen LogP contribution is -2.26. The molecule has 0 spiro atoms. The molecule has 3 rings (SSSR count). The molecule has 1 amide bonds. The van der Waals surface area contributed by atoms with Crippen molar-refractivity contribution < 1.29 is 4.79 Å². The molecular weight excluding hydrogens is 312 g/mol. The van der Waals surface area contributed by atoms with E-state index in [4.69, 9.17) is 11.6 Å². The number of hydrogen-bond acceptors (Lipinski definition) is 3. The molecular formula is C17H15ClN4O. The number of amides is 1. The van der Waals surface area contributed by atoms with Gasteiger partial charge in [-0.3, -0.25) is 14.9 Å². The first-order valence-corrected chi connectivity index (χ1v) is 7.58. The van der Waals surface area contributed by atoms with Gasteiger partial charge in [0, 0.05) is 29.5 Å². The monoisotopic (exact) mass is 326 g/mol. The van der Waals surface area contributed by atoms with Gasteiger partial charge in [-0.1, -0.05) is 29.8 Å². The predicted molar refractivity (Wildman–Crippen MR) is 89.3 cm³/mol. The molecule has 0 radical (unpaired) electrons. The largest absolute Gasteiger partial charge is 0.350 e. The van der Waals surface area contributed by atoms with E-state index in [9.17, 15) is 4.79 Å².